The number of benzene rings is 1. The van der Waals surface area contributed by atoms with Gasteiger partial charge in [0.05, 0.1) is 30.3 Å². The zero-order valence-electron chi connectivity index (χ0n) is 16.1. The van der Waals surface area contributed by atoms with Crippen molar-refractivity contribution in [1.29, 1.82) is 0 Å². The van der Waals surface area contributed by atoms with Crippen molar-refractivity contribution in [2.24, 2.45) is 5.92 Å². The maximum absolute atomic E-state index is 13.7. The number of ether oxygens (including phenoxy) is 2. The Labute approximate surface area is 166 Å². The van der Waals surface area contributed by atoms with Crippen molar-refractivity contribution in [3.05, 3.63) is 58.4 Å². The van der Waals surface area contributed by atoms with Crippen LogP contribution in [0.4, 0.5) is 13.2 Å². The minimum Gasteiger partial charge on any atom is -0.463 e. The molecule has 0 saturated heterocycles. The van der Waals surface area contributed by atoms with Gasteiger partial charge in [0.25, 0.3) is 0 Å². The Morgan fingerprint density at radius 2 is 1.59 bits per heavy atom. The summed E-state index contributed by atoms with van der Waals surface area (Å²) in [6.07, 6.45) is -4.88. The molecular weight excluding hydrogens is 387 g/mol. The van der Waals surface area contributed by atoms with E-state index in [1.807, 2.05) is 0 Å². The molecule has 2 rings (SSSR count). The Morgan fingerprint density at radius 3 is 2.10 bits per heavy atom. The van der Waals surface area contributed by atoms with E-state index in [4.69, 9.17) is 9.47 Å². The predicted molar refractivity (Wildman–Crippen MR) is 99.0 cm³/mol. The average molecular weight is 407 g/mol. The van der Waals surface area contributed by atoms with E-state index in [0.29, 0.717) is 5.56 Å². The van der Waals surface area contributed by atoms with Crippen LogP contribution in [0.25, 0.3) is 0 Å². The number of esters is 2. The van der Waals surface area contributed by atoms with Crippen molar-refractivity contribution in [3.63, 3.8) is 0 Å². The third-order valence-corrected chi connectivity index (χ3v) is 3.97. The Balaban J connectivity index is 2.70. The molecule has 1 aromatic rings. The van der Waals surface area contributed by atoms with Crippen LogP contribution in [0.15, 0.2) is 52.9 Å². The molecule has 1 aliphatic rings. The van der Waals surface area contributed by atoms with Gasteiger partial charge in [-0.3, -0.25) is 0 Å². The molecule has 1 atom stereocenters. The first kappa shape index (κ1) is 22.1. The van der Waals surface area contributed by atoms with Gasteiger partial charge >= 0.3 is 18.1 Å². The quantitative estimate of drug-likeness (QED) is 0.612. The molecular formula is C21H20F3NO4. The van der Waals surface area contributed by atoms with Gasteiger partial charge in [-0.1, -0.05) is 30.0 Å². The number of hydrogen-bond donors (Lipinski definition) is 1. The highest BCUT2D eigenvalue weighted by atomic mass is 19.4. The Hall–Kier alpha value is -3.21. The average Bonchev–Trinajstić information content (AvgIpc) is 2.66. The first-order valence-electron chi connectivity index (χ1n) is 8.90. The molecule has 1 N–H and O–H groups in total. The molecule has 1 heterocycles. The van der Waals surface area contributed by atoms with Crippen LogP contribution in [0.2, 0.25) is 0 Å². The van der Waals surface area contributed by atoms with Crippen molar-refractivity contribution in [2.75, 3.05) is 13.2 Å². The molecule has 5 nitrogen and oxygen atoms in total. The zero-order chi connectivity index (χ0) is 21.6. The van der Waals surface area contributed by atoms with Crippen molar-refractivity contribution >= 4 is 11.9 Å². The van der Waals surface area contributed by atoms with E-state index >= 15 is 0 Å². The van der Waals surface area contributed by atoms with E-state index in [1.165, 1.54) is 13.8 Å². The van der Waals surface area contributed by atoms with E-state index in [9.17, 15) is 22.8 Å². The minimum atomic E-state index is -4.88. The molecule has 0 radical (unpaired) electrons. The number of rotatable bonds is 4. The number of halogens is 3. The molecule has 1 aliphatic heterocycles. The fourth-order valence-corrected chi connectivity index (χ4v) is 2.78. The monoisotopic (exact) mass is 407 g/mol. The van der Waals surface area contributed by atoms with Gasteiger partial charge in [-0.15, -0.1) is 0 Å². The van der Waals surface area contributed by atoms with Crippen molar-refractivity contribution < 1.29 is 32.2 Å². The summed E-state index contributed by atoms with van der Waals surface area (Å²) in [5.74, 6) is 1.85. The molecule has 154 valence electrons. The Morgan fingerprint density at radius 1 is 1.03 bits per heavy atom. The number of carbonyl (C=O) groups is 2. The summed E-state index contributed by atoms with van der Waals surface area (Å²) in [7, 11) is 0. The fourth-order valence-electron chi connectivity index (χ4n) is 2.78. The van der Waals surface area contributed by atoms with Crippen LogP contribution in [0, 0.1) is 17.8 Å². The van der Waals surface area contributed by atoms with E-state index in [0.717, 1.165) is 0 Å². The van der Waals surface area contributed by atoms with Crippen LogP contribution in [-0.4, -0.2) is 31.3 Å². The summed E-state index contributed by atoms with van der Waals surface area (Å²) in [5.41, 5.74) is -1.79. The van der Waals surface area contributed by atoms with Crippen molar-refractivity contribution in [2.45, 2.75) is 26.9 Å². The first-order chi connectivity index (χ1) is 13.7. The molecule has 0 amide bonds. The normalized spacial score (nSPS) is 16.6. The fraction of sp³-hybridized carbons (Fsp3) is 0.333. The van der Waals surface area contributed by atoms with Gasteiger partial charge in [-0.05, 0) is 32.9 Å². The van der Waals surface area contributed by atoms with Gasteiger partial charge in [0.15, 0.2) is 0 Å². The zero-order valence-corrected chi connectivity index (χ0v) is 16.1. The smallest absolute Gasteiger partial charge is 0.431 e. The maximum Gasteiger partial charge on any atom is 0.431 e. The number of hydrogen-bond acceptors (Lipinski definition) is 5. The number of carbonyl (C=O) groups excluding carboxylic acids is 2. The third-order valence-electron chi connectivity index (χ3n) is 3.97. The van der Waals surface area contributed by atoms with Crippen LogP contribution in [-0.2, 0) is 19.1 Å². The number of nitrogens with one attached hydrogen (secondary N) is 1. The highest BCUT2D eigenvalue weighted by Gasteiger charge is 2.46. The van der Waals surface area contributed by atoms with Crippen molar-refractivity contribution in [1.82, 2.24) is 5.32 Å². The molecule has 0 fully saturated rings. The molecule has 0 spiro atoms. The van der Waals surface area contributed by atoms with Crippen LogP contribution in [0.3, 0.4) is 0 Å². The van der Waals surface area contributed by atoms with Crippen LogP contribution < -0.4 is 5.32 Å². The number of dihydropyridines is 1. The molecule has 0 saturated carbocycles. The summed E-state index contributed by atoms with van der Waals surface area (Å²) in [4.78, 5) is 24.9. The lowest BCUT2D eigenvalue weighted by Crippen LogP contribution is -2.39. The van der Waals surface area contributed by atoms with E-state index in [2.05, 4.69) is 17.2 Å². The van der Waals surface area contributed by atoms with Gasteiger partial charge in [-0.25, -0.2) is 9.59 Å². The van der Waals surface area contributed by atoms with Crippen LogP contribution in [0.5, 0.6) is 0 Å². The summed E-state index contributed by atoms with van der Waals surface area (Å²) in [5, 5.41) is 2.13. The Bertz CT molecular complexity index is 905. The van der Waals surface area contributed by atoms with Gasteiger partial charge < -0.3 is 14.8 Å². The van der Waals surface area contributed by atoms with Crippen molar-refractivity contribution in [3.8, 4) is 11.8 Å². The lowest BCUT2D eigenvalue weighted by atomic mass is 9.85. The highest BCUT2D eigenvalue weighted by molar-refractivity contribution is 5.99. The van der Waals surface area contributed by atoms with Gasteiger partial charge in [0, 0.05) is 11.3 Å². The van der Waals surface area contributed by atoms with E-state index in [1.54, 1.807) is 37.3 Å². The summed E-state index contributed by atoms with van der Waals surface area (Å²) >= 11 is 0. The molecule has 8 heteroatoms. The van der Waals surface area contributed by atoms with E-state index in [-0.39, 0.29) is 24.5 Å². The first-order valence-corrected chi connectivity index (χ1v) is 8.90. The SMILES string of the molecule is CCOC(=O)C1=C(C)NC(C(F)(F)F)=C(C(=O)OCC)[C@@H]1C#Cc1ccccc1. The summed E-state index contributed by atoms with van der Waals surface area (Å²) < 4.78 is 50.8. The molecule has 0 aromatic heterocycles. The van der Waals surface area contributed by atoms with Gasteiger partial charge in [0.1, 0.15) is 5.70 Å². The standard InChI is InChI=1S/C21H20F3NO4/c1-4-28-19(26)16-13(3)25-18(21(22,23)24)17(20(27)29-5-2)15(16)12-11-14-9-7-6-8-10-14/h6-10,15,25H,4-5H2,1-3H3/t15-/m1/s1. The Kier molecular flexibility index (Phi) is 7.10. The van der Waals surface area contributed by atoms with E-state index < -0.39 is 35.3 Å². The molecule has 0 bridgehead atoms. The molecule has 0 aliphatic carbocycles. The molecule has 1 aromatic carbocycles. The lowest BCUT2D eigenvalue weighted by Gasteiger charge is -2.29. The number of alkyl halides is 3. The second-order valence-electron chi connectivity index (χ2n) is 5.96. The highest BCUT2D eigenvalue weighted by Crippen LogP contribution is 2.38. The second kappa shape index (κ2) is 9.32. The van der Waals surface area contributed by atoms with Gasteiger partial charge in [0.2, 0.25) is 0 Å². The third kappa shape index (κ3) is 5.19. The molecule has 29 heavy (non-hydrogen) atoms. The minimum absolute atomic E-state index is 0.0129. The largest absolute Gasteiger partial charge is 0.463 e. The molecule has 0 unspecified atom stereocenters. The lowest BCUT2D eigenvalue weighted by molar-refractivity contribution is -0.141. The van der Waals surface area contributed by atoms with Crippen LogP contribution >= 0.6 is 0 Å². The van der Waals surface area contributed by atoms with Gasteiger partial charge in [-0.2, -0.15) is 13.2 Å². The van der Waals surface area contributed by atoms with Crippen LogP contribution in [0.1, 0.15) is 26.3 Å². The summed E-state index contributed by atoms with van der Waals surface area (Å²) in [6.45, 7) is 4.22. The second-order valence-corrected chi connectivity index (χ2v) is 5.96. The maximum atomic E-state index is 13.7. The number of allylic oxidation sites excluding steroid dienone is 2. The topological polar surface area (TPSA) is 64.6 Å². The predicted octanol–water partition coefficient (Wildman–Crippen LogP) is 3.47. The summed E-state index contributed by atoms with van der Waals surface area (Å²) in [6, 6.07) is 8.50.